The fourth-order valence-corrected chi connectivity index (χ4v) is 3.46. The van der Waals surface area contributed by atoms with Crippen molar-refractivity contribution in [3.05, 3.63) is 48.0 Å². The lowest BCUT2D eigenvalue weighted by Gasteiger charge is -2.39. The van der Waals surface area contributed by atoms with E-state index in [0.717, 1.165) is 0 Å². The third-order valence-electron chi connectivity index (χ3n) is 4.64. The van der Waals surface area contributed by atoms with E-state index in [0.29, 0.717) is 18.6 Å². The number of nitrogens with two attached hydrogens (primary N) is 1. The Kier molecular flexibility index (Phi) is 4.04. The molecule has 0 saturated carbocycles. The van der Waals surface area contributed by atoms with Gasteiger partial charge in [0.1, 0.15) is 0 Å². The van der Waals surface area contributed by atoms with Crippen molar-refractivity contribution in [2.24, 2.45) is 5.73 Å². The van der Waals surface area contributed by atoms with Gasteiger partial charge >= 0.3 is 0 Å². The first-order valence-electron chi connectivity index (χ1n) is 7.74. The molecule has 0 amide bonds. The summed E-state index contributed by atoms with van der Waals surface area (Å²) in [5.41, 5.74) is 7.46. The minimum Gasteiger partial charge on any atom is -0.329 e. The Hall–Kier alpha value is -1.38. The number of likely N-dealkylation sites (tertiary alicyclic amines) is 1. The van der Waals surface area contributed by atoms with Crippen LogP contribution in [0.5, 0.6) is 0 Å². The summed E-state index contributed by atoms with van der Waals surface area (Å²) in [5, 5.41) is 2.62. The molecule has 3 rings (SSSR count). The maximum absolute atomic E-state index is 6.10. The second-order valence-corrected chi connectivity index (χ2v) is 5.94. The molecular weight excluding hydrogens is 244 g/mol. The number of piperidine rings is 1. The van der Waals surface area contributed by atoms with E-state index in [1.807, 2.05) is 0 Å². The van der Waals surface area contributed by atoms with E-state index in [-0.39, 0.29) is 0 Å². The summed E-state index contributed by atoms with van der Waals surface area (Å²) < 4.78 is 0. The Morgan fingerprint density at radius 1 is 1.15 bits per heavy atom. The molecule has 1 saturated heterocycles. The number of hydrogen-bond acceptors (Lipinski definition) is 2. The highest BCUT2D eigenvalue weighted by Gasteiger charge is 2.26. The van der Waals surface area contributed by atoms with Crippen LogP contribution < -0.4 is 5.73 Å². The van der Waals surface area contributed by atoms with Gasteiger partial charge in [0, 0.05) is 18.6 Å². The quantitative estimate of drug-likeness (QED) is 0.919. The summed E-state index contributed by atoms with van der Waals surface area (Å²) in [7, 11) is 0. The molecule has 1 aliphatic heterocycles. The topological polar surface area (TPSA) is 29.3 Å². The molecular formula is C18H24N2. The van der Waals surface area contributed by atoms with E-state index in [4.69, 9.17) is 5.73 Å². The van der Waals surface area contributed by atoms with Crippen LogP contribution in [0.2, 0.25) is 0 Å². The van der Waals surface area contributed by atoms with Crippen molar-refractivity contribution >= 4 is 10.8 Å². The van der Waals surface area contributed by atoms with E-state index < -0.39 is 0 Å². The first-order chi connectivity index (χ1) is 9.79. The second kappa shape index (κ2) is 5.94. The maximum atomic E-state index is 6.10. The van der Waals surface area contributed by atoms with Gasteiger partial charge in [-0.05, 0) is 48.7 Å². The zero-order valence-electron chi connectivity index (χ0n) is 12.3. The molecule has 0 spiro atoms. The average molecular weight is 268 g/mol. The highest BCUT2D eigenvalue weighted by Crippen LogP contribution is 2.29. The average Bonchev–Trinajstić information content (AvgIpc) is 2.50. The summed E-state index contributed by atoms with van der Waals surface area (Å²) in [6, 6.07) is 16.3. The summed E-state index contributed by atoms with van der Waals surface area (Å²) in [6.07, 6.45) is 3.95. The van der Waals surface area contributed by atoms with Crippen LogP contribution in [0.15, 0.2) is 42.5 Å². The lowest BCUT2D eigenvalue weighted by Crippen LogP contribution is -2.43. The first kappa shape index (κ1) is 13.6. The summed E-state index contributed by atoms with van der Waals surface area (Å²) in [6.45, 7) is 4.21. The Morgan fingerprint density at radius 3 is 2.70 bits per heavy atom. The molecule has 0 aliphatic carbocycles. The molecule has 106 valence electrons. The molecule has 0 bridgehead atoms. The highest BCUT2D eigenvalue weighted by atomic mass is 15.2. The summed E-state index contributed by atoms with van der Waals surface area (Å²) >= 11 is 0. The van der Waals surface area contributed by atoms with Crippen molar-refractivity contribution in [3.63, 3.8) is 0 Å². The summed E-state index contributed by atoms with van der Waals surface area (Å²) in [4.78, 5) is 2.59. The minimum absolute atomic E-state index is 0.356. The molecule has 2 aromatic carbocycles. The Balaban J connectivity index is 1.93. The molecule has 20 heavy (non-hydrogen) atoms. The van der Waals surface area contributed by atoms with E-state index in [1.165, 1.54) is 42.1 Å². The zero-order valence-corrected chi connectivity index (χ0v) is 12.3. The van der Waals surface area contributed by atoms with Gasteiger partial charge in [-0.1, -0.05) is 42.8 Å². The van der Waals surface area contributed by atoms with Crippen LogP contribution in [0, 0.1) is 0 Å². The van der Waals surface area contributed by atoms with Crippen LogP contribution in [0.4, 0.5) is 0 Å². The minimum atomic E-state index is 0.356. The van der Waals surface area contributed by atoms with Crippen LogP contribution in [0.1, 0.15) is 37.8 Å². The normalized spacial score (nSPS) is 22.0. The fraction of sp³-hybridized carbons (Fsp3) is 0.444. The van der Waals surface area contributed by atoms with E-state index in [9.17, 15) is 0 Å². The van der Waals surface area contributed by atoms with Crippen molar-refractivity contribution in [2.45, 2.75) is 38.3 Å². The van der Waals surface area contributed by atoms with Gasteiger partial charge in [-0.15, -0.1) is 0 Å². The number of hydrogen-bond donors (Lipinski definition) is 1. The van der Waals surface area contributed by atoms with Gasteiger partial charge in [-0.2, -0.15) is 0 Å². The number of fused-ring (bicyclic) bond motifs is 1. The van der Waals surface area contributed by atoms with Gasteiger partial charge in [0.15, 0.2) is 0 Å². The fourth-order valence-electron chi connectivity index (χ4n) is 3.46. The van der Waals surface area contributed by atoms with Gasteiger partial charge in [-0.3, -0.25) is 4.90 Å². The van der Waals surface area contributed by atoms with E-state index in [2.05, 4.69) is 54.3 Å². The van der Waals surface area contributed by atoms with Gasteiger partial charge in [0.2, 0.25) is 0 Å². The number of nitrogens with zero attached hydrogens (tertiary/aromatic N) is 1. The first-order valence-corrected chi connectivity index (χ1v) is 7.74. The van der Waals surface area contributed by atoms with Crippen LogP contribution in [-0.4, -0.2) is 24.0 Å². The highest BCUT2D eigenvalue weighted by molar-refractivity contribution is 5.83. The molecule has 2 unspecified atom stereocenters. The lowest BCUT2D eigenvalue weighted by molar-refractivity contribution is 0.109. The van der Waals surface area contributed by atoms with Crippen molar-refractivity contribution in [1.82, 2.24) is 4.90 Å². The molecule has 2 aromatic rings. The Morgan fingerprint density at radius 2 is 1.95 bits per heavy atom. The van der Waals surface area contributed by atoms with Crippen LogP contribution >= 0.6 is 0 Å². The van der Waals surface area contributed by atoms with Crippen molar-refractivity contribution in [1.29, 1.82) is 0 Å². The predicted molar refractivity (Wildman–Crippen MR) is 85.8 cm³/mol. The van der Waals surface area contributed by atoms with Crippen LogP contribution in [-0.2, 0) is 0 Å². The van der Waals surface area contributed by atoms with Gasteiger partial charge in [-0.25, -0.2) is 0 Å². The smallest absolute Gasteiger partial charge is 0.0473 e. The number of benzene rings is 2. The molecule has 0 aromatic heterocycles. The lowest BCUT2D eigenvalue weighted by atomic mass is 9.95. The van der Waals surface area contributed by atoms with Crippen molar-refractivity contribution < 1.29 is 0 Å². The molecule has 1 aliphatic rings. The van der Waals surface area contributed by atoms with Gasteiger partial charge < -0.3 is 5.73 Å². The molecule has 2 nitrogen and oxygen atoms in total. The maximum Gasteiger partial charge on any atom is 0.0473 e. The molecule has 1 heterocycles. The Bertz CT molecular complexity index is 578. The van der Waals surface area contributed by atoms with Gasteiger partial charge in [0.25, 0.3) is 0 Å². The van der Waals surface area contributed by atoms with Crippen LogP contribution in [0.3, 0.4) is 0 Å². The SMILES string of the molecule is CC1CCCCN1C(CN)c1ccc2ccccc2c1. The molecule has 0 radical (unpaired) electrons. The molecule has 2 heteroatoms. The third-order valence-corrected chi connectivity index (χ3v) is 4.64. The molecule has 2 atom stereocenters. The van der Waals surface area contributed by atoms with E-state index in [1.54, 1.807) is 0 Å². The van der Waals surface area contributed by atoms with Gasteiger partial charge in [0.05, 0.1) is 0 Å². The third kappa shape index (κ3) is 2.58. The Labute approximate surface area is 121 Å². The molecule has 1 fully saturated rings. The number of rotatable bonds is 3. The largest absolute Gasteiger partial charge is 0.329 e. The predicted octanol–water partition coefficient (Wildman–Crippen LogP) is 3.71. The van der Waals surface area contributed by atoms with Crippen molar-refractivity contribution in [2.75, 3.05) is 13.1 Å². The van der Waals surface area contributed by atoms with E-state index >= 15 is 0 Å². The molecule has 2 N–H and O–H groups in total. The second-order valence-electron chi connectivity index (χ2n) is 5.94. The monoisotopic (exact) mass is 268 g/mol. The zero-order chi connectivity index (χ0) is 13.9. The standard InChI is InChI=1S/C18H24N2/c1-14-6-4-5-11-20(14)18(13-19)17-10-9-15-7-2-3-8-16(15)12-17/h2-3,7-10,12,14,18H,4-6,11,13,19H2,1H3. The van der Waals surface area contributed by atoms with Crippen molar-refractivity contribution in [3.8, 4) is 0 Å². The van der Waals surface area contributed by atoms with Crippen LogP contribution in [0.25, 0.3) is 10.8 Å². The summed E-state index contributed by atoms with van der Waals surface area (Å²) in [5.74, 6) is 0.